The van der Waals surface area contributed by atoms with Crippen LogP contribution >= 0.6 is 0 Å². The molecule has 2 heteroatoms. The number of nitrogens with two attached hydrogens (primary N) is 1. The number of benzene rings is 1. The Labute approximate surface area is 103 Å². The standard InChI is InChI=1S/C15H21NO/c16-15(11-6-2-1-3-7-11)13-10-17-14-9-5-4-8-12(13)14/h4-5,8-9,11,13,15H,1-3,6-7,10,16H2. The van der Waals surface area contributed by atoms with Crippen LogP contribution in [0.4, 0.5) is 0 Å². The highest BCUT2D eigenvalue weighted by Crippen LogP contribution is 2.39. The van der Waals surface area contributed by atoms with Crippen LogP contribution in [0.2, 0.25) is 0 Å². The van der Waals surface area contributed by atoms with Crippen LogP contribution in [0.5, 0.6) is 5.75 Å². The summed E-state index contributed by atoms with van der Waals surface area (Å²) in [4.78, 5) is 0. The number of hydrogen-bond acceptors (Lipinski definition) is 2. The van der Waals surface area contributed by atoms with Crippen molar-refractivity contribution in [2.24, 2.45) is 11.7 Å². The fraction of sp³-hybridized carbons (Fsp3) is 0.600. The summed E-state index contributed by atoms with van der Waals surface area (Å²) < 4.78 is 5.74. The molecule has 1 saturated carbocycles. The summed E-state index contributed by atoms with van der Waals surface area (Å²) >= 11 is 0. The molecule has 92 valence electrons. The minimum Gasteiger partial charge on any atom is -0.493 e. The second-order valence-electron chi connectivity index (χ2n) is 5.43. The number of hydrogen-bond donors (Lipinski definition) is 1. The zero-order valence-corrected chi connectivity index (χ0v) is 10.3. The monoisotopic (exact) mass is 231 g/mol. The molecule has 0 amide bonds. The van der Waals surface area contributed by atoms with Crippen molar-refractivity contribution >= 4 is 0 Å². The molecule has 0 spiro atoms. The van der Waals surface area contributed by atoms with Gasteiger partial charge in [-0.1, -0.05) is 37.5 Å². The lowest BCUT2D eigenvalue weighted by atomic mass is 9.77. The van der Waals surface area contributed by atoms with Crippen LogP contribution in [0.1, 0.15) is 43.6 Å². The first-order valence-electron chi connectivity index (χ1n) is 6.83. The third-order valence-corrected chi connectivity index (χ3v) is 4.40. The minimum atomic E-state index is 0.277. The first-order chi connectivity index (χ1) is 8.36. The number of ether oxygens (including phenoxy) is 1. The van der Waals surface area contributed by atoms with E-state index in [2.05, 4.69) is 18.2 Å². The Balaban J connectivity index is 1.76. The second kappa shape index (κ2) is 4.69. The maximum Gasteiger partial charge on any atom is 0.122 e. The maximum atomic E-state index is 6.49. The predicted molar refractivity (Wildman–Crippen MR) is 69.2 cm³/mol. The topological polar surface area (TPSA) is 35.2 Å². The van der Waals surface area contributed by atoms with E-state index in [4.69, 9.17) is 10.5 Å². The Morgan fingerprint density at radius 3 is 2.71 bits per heavy atom. The summed E-state index contributed by atoms with van der Waals surface area (Å²) in [5.41, 5.74) is 7.81. The highest BCUT2D eigenvalue weighted by molar-refractivity contribution is 5.40. The molecule has 1 aromatic rings. The molecule has 2 N–H and O–H groups in total. The molecular weight excluding hydrogens is 210 g/mol. The molecule has 1 aliphatic carbocycles. The Hall–Kier alpha value is -1.02. The average Bonchev–Trinajstić information content (AvgIpc) is 2.83. The lowest BCUT2D eigenvalue weighted by Crippen LogP contribution is -2.38. The largest absolute Gasteiger partial charge is 0.493 e. The van der Waals surface area contributed by atoms with Gasteiger partial charge < -0.3 is 10.5 Å². The normalized spacial score (nSPS) is 26.3. The van der Waals surface area contributed by atoms with Crippen LogP contribution in [-0.4, -0.2) is 12.6 Å². The summed E-state index contributed by atoms with van der Waals surface area (Å²) in [5, 5.41) is 0. The number of fused-ring (bicyclic) bond motifs is 1. The van der Waals surface area contributed by atoms with Crippen molar-refractivity contribution in [3.63, 3.8) is 0 Å². The van der Waals surface area contributed by atoms with Crippen LogP contribution in [0.3, 0.4) is 0 Å². The lowest BCUT2D eigenvalue weighted by Gasteiger charge is -2.30. The van der Waals surface area contributed by atoms with E-state index in [1.807, 2.05) is 6.07 Å². The molecule has 0 bridgehead atoms. The van der Waals surface area contributed by atoms with Gasteiger partial charge in [-0.05, 0) is 24.8 Å². The van der Waals surface area contributed by atoms with E-state index in [1.165, 1.54) is 37.7 Å². The van der Waals surface area contributed by atoms with Gasteiger partial charge >= 0.3 is 0 Å². The quantitative estimate of drug-likeness (QED) is 0.849. The minimum absolute atomic E-state index is 0.277. The van der Waals surface area contributed by atoms with Crippen LogP contribution in [0.25, 0.3) is 0 Å². The van der Waals surface area contributed by atoms with Crippen molar-refractivity contribution < 1.29 is 4.74 Å². The lowest BCUT2D eigenvalue weighted by molar-refractivity contribution is 0.243. The van der Waals surface area contributed by atoms with Crippen LogP contribution in [-0.2, 0) is 0 Å². The van der Waals surface area contributed by atoms with E-state index in [0.717, 1.165) is 12.4 Å². The van der Waals surface area contributed by atoms with Gasteiger partial charge in [-0.2, -0.15) is 0 Å². The Bertz CT molecular complexity index is 384. The second-order valence-corrected chi connectivity index (χ2v) is 5.43. The van der Waals surface area contributed by atoms with Crippen LogP contribution < -0.4 is 10.5 Å². The molecule has 0 saturated heterocycles. The molecule has 0 aromatic heterocycles. The summed E-state index contributed by atoms with van der Waals surface area (Å²) in [6.45, 7) is 0.775. The summed E-state index contributed by atoms with van der Waals surface area (Å²) in [6.07, 6.45) is 6.71. The fourth-order valence-corrected chi connectivity index (χ4v) is 3.35. The predicted octanol–water partition coefficient (Wildman–Crippen LogP) is 3.07. The zero-order valence-electron chi connectivity index (χ0n) is 10.3. The van der Waals surface area contributed by atoms with Crippen LogP contribution in [0, 0.1) is 5.92 Å². The molecular formula is C15H21NO. The van der Waals surface area contributed by atoms with Gasteiger partial charge in [-0.25, -0.2) is 0 Å². The molecule has 1 fully saturated rings. The van der Waals surface area contributed by atoms with Crippen molar-refractivity contribution in [1.82, 2.24) is 0 Å². The van der Waals surface area contributed by atoms with E-state index in [9.17, 15) is 0 Å². The molecule has 1 heterocycles. The first kappa shape index (κ1) is 11.1. The molecule has 2 atom stereocenters. The van der Waals surface area contributed by atoms with Gasteiger partial charge in [0.15, 0.2) is 0 Å². The van der Waals surface area contributed by atoms with Gasteiger partial charge in [-0.15, -0.1) is 0 Å². The molecule has 17 heavy (non-hydrogen) atoms. The number of para-hydroxylation sites is 1. The Kier molecular flexibility index (Phi) is 3.06. The third kappa shape index (κ3) is 2.06. The molecule has 2 aliphatic rings. The fourth-order valence-electron chi connectivity index (χ4n) is 3.35. The summed E-state index contributed by atoms with van der Waals surface area (Å²) in [5.74, 6) is 2.15. The highest BCUT2D eigenvalue weighted by Gasteiger charge is 2.33. The van der Waals surface area contributed by atoms with Gasteiger partial charge in [-0.3, -0.25) is 0 Å². The average molecular weight is 231 g/mol. The van der Waals surface area contributed by atoms with Gasteiger partial charge in [0.05, 0.1) is 6.61 Å². The van der Waals surface area contributed by atoms with Crippen LogP contribution in [0.15, 0.2) is 24.3 Å². The van der Waals surface area contributed by atoms with Crippen molar-refractivity contribution in [1.29, 1.82) is 0 Å². The van der Waals surface area contributed by atoms with Crippen molar-refractivity contribution in [2.45, 2.75) is 44.1 Å². The first-order valence-corrected chi connectivity index (χ1v) is 6.83. The third-order valence-electron chi connectivity index (χ3n) is 4.40. The maximum absolute atomic E-state index is 6.49. The molecule has 1 aromatic carbocycles. The zero-order chi connectivity index (χ0) is 11.7. The molecule has 1 aliphatic heterocycles. The molecule has 2 nitrogen and oxygen atoms in total. The smallest absolute Gasteiger partial charge is 0.122 e. The SMILES string of the molecule is NC(C1CCCCC1)C1COc2ccccc21. The summed E-state index contributed by atoms with van der Waals surface area (Å²) in [7, 11) is 0. The van der Waals surface area contributed by atoms with Crippen molar-refractivity contribution in [3.05, 3.63) is 29.8 Å². The Morgan fingerprint density at radius 1 is 1.12 bits per heavy atom. The molecule has 2 unspecified atom stereocenters. The highest BCUT2D eigenvalue weighted by atomic mass is 16.5. The molecule has 0 radical (unpaired) electrons. The van der Waals surface area contributed by atoms with Gasteiger partial charge in [0.1, 0.15) is 5.75 Å². The Morgan fingerprint density at radius 2 is 1.88 bits per heavy atom. The van der Waals surface area contributed by atoms with Crippen molar-refractivity contribution in [3.8, 4) is 5.75 Å². The number of rotatable bonds is 2. The van der Waals surface area contributed by atoms with E-state index in [0.29, 0.717) is 11.8 Å². The van der Waals surface area contributed by atoms with E-state index in [1.54, 1.807) is 0 Å². The summed E-state index contributed by atoms with van der Waals surface area (Å²) in [6, 6.07) is 8.64. The van der Waals surface area contributed by atoms with Gasteiger partial charge in [0.2, 0.25) is 0 Å². The molecule has 3 rings (SSSR count). The van der Waals surface area contributed by atoms with E-state index < -0.39 is 0 Å². The van der Waals surface area contributed by atoms with E-state index >= 15 is 0 Å². The van der Waals surface area contributed by atoms with Gasteiger partial charge in [0, 0.05) is 17.5 Å². The van der Waals surface area contributed by atoms with Gasteiger partial charge in [0.25, 0.3) is 0 Å². The van der Waals surface area contributed by atoms with Crippen molar-refractivity contribution in [2.75, 3.05) is 6.61 Å². The van der Waals surface area contributed by atoms with E-state index in [-0.39, 0.29) is 6.04 Å².